The third-order valence-electron chi connectivity index (χ3n) is 4.37. The minimum atomic E-state index is -3.28. The number of carbonyl (C=O) groups excluding carboxylic acids is 1. The Morgan fingerprint density at radius 3 is 2.71 bits per heavy atom. The van der Waals surface area contributed by atoms with E-state index in [4.69, 9.17) is 0 Å². The number of hydrogen-bond donors (Lipinski definition) is 2. The molecule has 116 valence electrons. The molecular weight excluding hydrogens is 294 g/mol. The van der Waals surface area contributed by atoms with Gasteiger partial charge < -0.3 is 10.0 Å². The normalized spacial score (nSPS) is 27.3. The second kappa shape index (κ2) is 5.10. The van der Waals surface area contributed by atoms with Gasteiger partial charge in [0, 0.05) is 18.3 Å². The number of carbonyl (C=O) groups is 1. The zero-order chi connectivity index (χ0) is 15.2. The third-order valence-corrected chi connectivity index (χ3v) is 6.07. The van der Waals surface area contributed by atoms with Crippen LogP contribution >= 0.6 is 0 Å². The highest BCUT2D eigenvalue weighted by molar-refractivity contribution is 7.91. The topological polar surface area (TPSA) is 103 Å². The minimum absolute atomic E-state index is 0.191. The van der Waals surface area contributed by atoms with Gasteiger partial charge in [0.2, 0.25) is 0 Å². The largest absolute Gasteiger partial charge is 0.390 e. The Kier molecular flexibility index (Phi) is 3.53. The summed E-state index contributed by atoms with van der Waals surface area (Å²) in [4.78, 5) is 13.9. The summed E-state index contributed by atoms with van der Waals surface area (Å²) < 4.78 is 23.2. The number of aromatic nitrogens is 2. The summed E-state index contributed by atoms with van der Waals surface area (Å²) in [6.07, 6.45) is 2.78. The number of nitrogens with one attached hydrogen (secondary N) is 1. The minimum Gasteiger partial charge on any atom is -0.390 e. The van der Waals surface area contributed by atoms with Crippen LogP contribution in [0.15, 0.2) is 0 Å². The van der Waals surface area contributed by atoms with Crippen LogP contribution in [-0.2, 0) is 22.7 Å². The van der Waals surface area contributed by atoms with E-state index in [1.54, 1.807) is 0 Å². The monoisotopic (exact) mass is 313 g/mol. The molecule has 21 heavy (non-hydrogen) atoms. The van der Waals surface area contributed by atoms with Gasteiger partial charge in [0.15, 0.2) is 15.5 Å². The van der Waals surface area contributed by atoms with Gasteiger partial charge in [0.05, 0.1) is 23.7 Å². The van der Waals surface area contributed by atoms with E-state index < -0.39 is 22.0 Å². The van der Waals surface area contributed by atoms with E-state index in [2.05, 4.69) is 10.2 Å². The zero-order valence-corrected chi connectivity index (χ0v) is 12.7. The van der Waals surface area contributed by atoms with Gasteiger partial charge >= 0.3 is 0 Å². The molecule has 0 saturated carbocycles. The summed E-state index contributed by atoms with van der Waals surface area (Å²) in [5, 5.41) is 16.9. The van der Waals surface area contributed by atoms with Crippen LogP contribution < -0.4 is 0 Å². The molecular formula is C13H19N3O4S. The molecule has 2 aliphatic rings. The Morgan fingerprint density at radius 1 is 1.33 bits per heavy atom. The van der Waals surface area contributed by atoms with Crippen molar-refractivity contribution in [3.05, 3.63) is 17.0 Å². The second-order valence-electron chi connectivity index (χ2n) is 5.86. The molecule has 1 aliphatic heterocycles. The molecule has 0 spiro atoms. The molecule has 2 heterocycles. The number of aromatic amines is 1. The van der Waals surface area contributed by atoms with Crippen molar-refractivity contribution in [1.82, 2.24) is 15.1 Å². The zero-order valence-electron chi connectivity index (χ0n) is 11.9. The van der Waals surface area contributed by atoms with Crippen LogP contribution in [0, 0.1) is 0 Å². The Morgan fingerprint density at radius 2 is 2.05 bits per heavy atom. The number of aryl methyl sites for hydroxylation is 1. The predicted octanol–water partition coefficient (Wildman–Crippen LogP) is -0.482. The van der Waals surface area contributed by atoms with Crippen molar-refractivity contribution in [3.63, 3.8) is 0 Å². The Balaban J connectivity index is 1.84. The number of aliphatic hydroxyl groups is 1. The number of aliphatic hydroxyl groups excluding tert-OH is 1. The second-order valence-corrected chi connectivity index (χ2v) is 8.02. The lowest BCUT2D eigenvalue weighted by molar-refractivity contribution is 0.0574. The predicted molar refractivity (Wildman–Crippen MR) is 75.8 cm³/mol. The highest BCUT2D eigenvalue weighted by Crippen LogP contribution is 2.25. The summed E-state index contributed by atoms with van der Waals surface area (Å²) in [5.41, 5.74) is 2.30. The Hall–Kier alpha value is -1.41. The Labute approximate surface area is 123 Å². The molecule has 1 fully saturated rings. The first-order chi connectivity index (χ1) is 9.89. The van der Waals surface area contributed by atoms with E-state index in [-0.39, 0.29) is 17.4 Å². The lowest BCUT2D eigenvalue weighted by atomic mass is 9.95. The molecule has 1 saturated heterocycles. The maximum atomic E-state index is 12.6. The maximum Gasteiger partial charge on any atom is 0.274 e. The maximum absolute atomic E-state index is 12.6. The molecule has 1 aromatic rings. The van der Waals surface area contributed by atoms with Crippen molar-refractivity contribution in [1.29, 1.82) is 0 Å². The molecule has 8 heteroatoms. The summed E-state index contributed by atoms with van der Waals surface area (Å²) >= 11 is 0. The highest BCUT2D eigenvalue weighted by atomic mass is 32.2. The number of sulfone groups is 1. The van der Waals surface area contributed by atoms with Crippen LogP contribution in [-0.4, -0.2) is 65.2 Å². The quantitative estimate of drug-likeness (QED) is 0.767. The first kappa shape index (κ1) is 14.5. The average molecular weight is 313 g/mol. The van der Waals surface area contributed by atoms with Crippen molar-refractivity contribution in [2.24, 2.45) is 0 Å². The molecule has 1 amide bonds. The average Bonchev–Trinajstić information content (AvgIpc) is 2.97. The van der Waals surface area contributed by atoms with E-state index in [1.807, 2.05) is 0 Å². The lowest BCUT2D eigenvalue weighted by Crippen LogP contribution is -2.44. The molecule has 0 bridgehead atoms. The fraction of sp³-hybridized carbons (Fsp3) is 0.692. The summed E-state index contributed by atoms with van der Waals surface area (Å²) in [6, 6.07) is -0.696. The number of nitrogens with zero attached hydrogens (tertiary/aromatic N) is 2. The first-order valence-electron chi connectivity index (χ1n) is 7.11. The SMILES string of the molecule is CN(C(=O)c1n[nH]c2c1CCCC2)[C@@H]1CS(=O)(=O)C[C@H]1O. The molecule has 3 rings (SSSR count). The van der Waals surface area contributed by atoms with E-state index in [1.165, 1.54) is 11.9 Å². The van der Waals surface area contributed by atoms with Crippen molar-refractivity contribution in [2.75, 3.05) is 18.6 Å². The van der Waals surface area contributed by atoms with Crippen molar-refractivity contribution < 1.29 is 18.3 Å². The fourth-order valence-electron chi connectivity index (χ4n) is 3.16. The van der Waals surface area contributed by atoms with Crippen LogP contribution in [0.2, 0.25) is 0 Å². The summed E-state index contributed by atoms with van der Waals surface area (Å²) in [6.45, 7) is 0. The number of hydrogen-bond acceptors (Lipinski definition) is 5. The number of likely N-dealkylation sites (N-methyl/N-ethyl adjacent to an activating group) is 1. The van der Waals surface area contributed by atoms with E-state index in [0.29, 0.717) is 5.69 Å². The van der Waals surface area contributed by atoms with Crippen molar-refractivity contribution in [3.8, 4) is 0 Å². The van der Waals surface area contributed by atoms with Crippen molar-refractivity contribution in [2.45, 2.75) is 37.8 Å². The first-order valence-corrected chi connectivity index (χ1v) is 8.93. The van der Waals surface area contributed by atoms with E-state index >= 15 is 0 Å². The van der Waals surface area contributed by atoms with Gasteiger partial charge in [-0.2, -0.15) is 5.10 Å². The van der Waals surface area contributed by atoms with Crippen LogP contribution in [0.4, 0.5) is 0 Å². The van der Waals surface area contributed by atoms with Crippen LogP contribution in [0.5, 0.6) is 0 Å². The highest BCUT2D eigenvalue weighted by Gasteiger charge is 2.41. The number of H-pyrrole nitrogens is 1. The van der Waals surface area contributed by atoms with Gasteiger partial charge in [-0.15, -0.1) is 0 Å². The number of amides is 1. The molecule has 1 aliphatic carbocycles. The van der Waals surface area contributed by atoms with Gasteiger partial charge in [-0.1, -0.05) is 0 Å². The third kappa shape index (κ3) is 2.57. The van der Waals surface area contributed by atoms with Gasteiger partial charge in [0.1, 0.15) is 0 Å². The molecule has 0 aromatic carbocycles. The molecule has 2 atom stereocenters. The van der Waals surface area contributed by atoms with Gasteiger partial charge in [-0.05, 0) is 25.7 Å². The van der Waals surface area contributed by atoms with Gasteiger partial charge in [-0.25, -0.2) is 8.42 Å². The lowest BCUT2D eigenvalue weighted by Gasteiger charge is -2.25. The van der Waals surface area contributed by atoms with Gasteiger partial charge in [0.25, 0.3) is 5.91 Å². The van der Waals surface area contributed by atoms with Crippen molar-refractivity contribution >= 4 is 15.7 Å². The van der Waals surface area contributed by atoms with Gasteiger partial charge in [-0.3, -0.25) is 9.89 Å². The van der Waals surface area contributed by atoms with E-state index in [9.17, 15) is 18.3 Å². The molecule has 0 radical (unpaired) electrons. The van der Waals surface area contributed by atoms with E-state index in [0.717, 1.165) is 36.9 Å². The van der Waals surface area contributed by atoms with Crippen LogP contribution in [0.25, 0.3) is 0 Å². The molecule has 0 unspecified atom stereocenters. The summed E-state index contributed by atoms with van der Waals surface area (Å²) in [5.74, 6) is -0.799. The Bertz CT molecular complexity index is 667. The molecule has 1 aromatic heterocycles. The molecule has 2 N–H and O–H groups in total. The fourth-order valence-corrected chi connectivity index (χ4v) is 5.00. The standard InChI is InChI=1S/C13H19N3O4S/c1-16(10-6-21(19,20)7-11(10)17)13(18)12-8-4-2-3-5-9(8)14-15-12/h10-11,17H,2-7H2,1H3,(H,14,15)/t10-,11-/m1/s1. The number of rotatable bonds is 2. The van der Waals surface area contributed by atoms with Crippen LogP contribution in [0.1, 0.15) is 34.6 Å². The summed E-state index contributed by atoms with van der Waals surface area (Å²) in [7, 11) is -1.75. The van der Waals surface area contributed by atoms with Crippen LogP contribution in [0.3, 0.4) is 0 Å². The number of fused-ring (bicyclic) bond motifs is 1. The molecule has 7 nitrogen and oxygen atoms in total. The smallest absolute Gasteiger partial charge is 0.274 e.